The highest BCUT2D eigenvalue weighted by Gasteiger charge is 2.24. The first-order valence-corrected chi connectivity index (χ1v) is 9.14. The Morgan fingerprint density at radius 3 is 2.19 bits per heavy atom. The van der Waals surface area contributed by atoms with Crippen LogP contribution in [0, 0.1) is 0 Å². The van der Waals surface area contributed by atoms with Gasteiger partial charge in [-0.05, 0) is 0 Å². The van der Waals surface area contributed by atoms with Crippen molar-refractivity contribution in [3.8, 4) is 5.88 Å². The maximum absolute atomic E-state index is 5.29. The molecular weight excluding hydrogens is 344 g/mol. The highest BCUT2D eigenvalue weighted by Crippen LogP contribution is 2.24. The smallest absolute Gasteiger partial charge is 0.233 e. The average molecular weight is 372 g/mol. The summed E-state index contributed by atoms with van der Waals surface area (Å²) in [6.45, 7) is 10.3. The Hall–Kier alpha value is -2.48. The summed E-state index contributed by atoms with van der Waals surface area (Å²) in [4.78, 5) is 22.7. The van der Waals surface area contributed by atoms with Crippen LogP contribution in [0.3, 0.4) is 0 Å². The molecule has 0 amide bonds. The summed E-state index contributed by atoms with van der Waals surface area (Å²) in [6.07, 6.45) is 3.39. The van der Waals surface area contributed by atoms with Crippen molar-refractivity contribution in [1.29, 1.82) is 0 Å². The number of anilines is 2. The molecule has 0 spiro atoms. The van der Waals surface area contributed by atoms with E-state index in [4.69, 9.17) is 14.5 Å². The van der Waals surface area contributed by atoms with Crippen LogP contribution in [0.4, 0.5) is 11.6 Å². The molecule has 1 aliphatic rings. The van der Waals surface area contributed by atoms with Gasteiger partial charge in [-0.2, -0.15) is 4.98 Å². The highest BCUT2D eigenvalue weighted by atomic mass is 16.5. The SMILES string of the molecule is COCc1cc(N2CCN(c3cncc(OC)n3)CC2)nc(C(C)(C)C)n1. The van der Waals surface area contributed by atoms with Crippen LogP contribution in [0.5, 0.6) is 5.88 Å². The van der Waals surface area contributed by atoms with E-state index in [-0.39, 0.29) is 5.41 Å². The number of hydrogen-bond donors (Lipinski definition) is 0. The first-order valence-electron chi connectivity index (χ1n) is 9.14. The number of hydrogen-bond acceptors (Lipinski definition) is 8. The molecule has 0 aromatic carbocycles. The van der Waals surface area contributed by atoms with E-state index in [1.165, 1.54) is 0 Å². The standard InChI is InChI=1S/C19H28N6O2/c1-19(2,3)18-21-14(13-26-4)10-15(23-18)24-6-8-25(9-7-24)16-11-20-12-17(22-16)27-5/h10-12H,6-9,13H2,1-5H3. The second kappa shape index (κ2) is 8.04. The molecule has 8 nitrogen and oxygen atoms in total. The molecule has 1 aliphatic heterocycles. The van der Waals surface area contributed by atoms with Crippen LogP contribution in [-0.2, 0) is 16.8 Å². The molecule has 1 fully saturated rings. The fourth-order valence-corrected chi connectivity index (χ4v) is 2.96. The van der Waals surface area contributed by atoms with Crippen molar-refractivity contribution in [3.05, 3.63) is 30.0 Å². The molecule has 2 aromatic heterocycles. The summed E-state index contributed by atoms with van der Waals surface area (Å²) in [5.74, 6) is 3.17. The van der Waals surface area contributed by atoms with E-state index in [2.05, 4.69) is 45.5 Å². The Balaban J connectivity index is 1.76. The van der Waals surface area contributed by atoms with Crippen molar-refractivity contribution in [2.75, 3.05) is 50.2 Å². The lowest BCUT2D eigenvalue weighted by Crippen LogP contribution is -2.47. The van der Waals surface area contributed by atoms with Crippen molar-refractivity contribution >= 4 is 11.6 Å². The first kappa shape index (κ1) is 19.3. The fraction of sp³-hybridized carbons (Fsp3) is 0.579. The molecular formula is C19H28N6O2. The monoisotopic (exact) mass is 372 g/mol. The Kier molecular flexibility index (Phi) is 5.74. The highest BCUT2D eigenvalue weighted by molar-refractivity contribution is 5.45. The first-order chi connectivity index (χ1) is 12.9. The fourth-order valence-electron chi connectivity index (χ4n) is 2.96. The van der Waals surface area contributed by atoms with Gasteiger partial charge in [-0.25, -0.2) is 9.97 Å². The minimum Gasteiger partial charge on any atom is -0.480 e. The van der Waals surface area contributed by atoms with Gasteiger partial charge < -0.3 is 19.3 Å². The molecule has 2 aromatic rings. The largest absolute Gasteiger partial charge is 0.480 e. The second-order valence-corrected chi connectivity index (χ2v) is 7.62. The lowest BCUT2D eigenvalue weighted by Gasteiger charge is -2.36. The Morgan fingerprint density at radius 1 is 0.926 bits per heavy atom. The molecule has 27 heavy (non-hydrogen) atoms. The third kappa shape index (κ3) is 4.63. The molecule has 3 heterocycles. The normalized spacial score (nSPS) is 15.1. The minimum absolute atomic E-state index is 0.115. The molecule has 0 N–H and O–H groups in total. The van der Waals surface area contributed by atoms with Crippen molar-refractivity contribution in [1.82, 2.24) is 19.9 Å². The molecule has 0 saturated carbocycles. The molecule has 0 radical (unpaired) electrons. The zero-order valence-electron chi connectivity index (χ0n) is 16.8. The van der Waals surface area contributed by atoms with E-state index in [1.807, 2.05) is 6.07 Å². The Bertz CT molecular complexity index is 769. The van der Waals surface area contributed by atoms with Crippen LogP contribution in [0.25, 0.3) is 0 Å². The summed E-state index contributed by atoms with van der Waals surface area (Å²) in [6, 6.07) is 2.03. The van der Waals surface area contributed by atoms with Crippen molar-refractivity contribution in [2.45, 2.75) is 32.8 Å². The van der Waals surface area contributed by atoms with Gasteiger partial charge in [-0.3, -0.25) is 4.98 Å². The number of aromatic nitrogens is 4. The summed E-state index contributed by atoms with van der Waals surface area (Å²) in [5.41, 5.74) is 0.796. The van der Waals surface area contributed by atoms with E-state index < -0.39 is 0 Å². The number of nitrogens with zero attached hydrogens (tertiary/aromatic N) is 6. The predicted molar refractivity (Wildman–Crippen MR) is 104 cm³/mol. The van der Waals surface area contributed by atoms with Crippen molar-refractivity contribution < 1.29 is 9.47 Å². The quantitative estimate of drug-likeness (QED) is 0.789. The maximum atomic E-state index is 5.29. The summed E-state index contributed by atoms with van der Waals surface area (Å²) >= 11 is 0. The van der Waals surface area contributed by atoms with Crippen molar-refractivity contribution in [3.63, 3.8) is 0 Å². The van der Waals surface area contributed by atoms with E-state index in [9.17, 15) is 0 Å². The van der Waals surface area contributed by atoms with Gasteiger partial charge in [0.1, 0.15) is 11.6 Å². The number of ether oxygens (including phenoxy) is 2. The van der Waals surface area contributed by atoms with Gasteiger partial charge in [0.2, 0.25) is 5.88 Å². The van der Waals surface area contributed by atoms with Crippen LogP contribution in [0.15, 0.2) is 18.5 Å². The molecule has 0 atom stereocenters. The van der Waals surface area contributed by atoms with Gasteiger partial charge in [0.05, 0.1) is 31.8 Å². The molecule has 3 rings (SSSR count). The Morgan fingerprint density at radius 2 is 1.59 bits per heavy atom. The zero-order valence-corrected chi connectivity index (χ0v) is 16.8. The number of rotatable bonds is 5. The van der Waals surface area contributed by atoms with Crippen molar-refractivity contribution in [2.24, 2.45) is 0 Å². The van der Waals surface area contributed by atoms with Gasteiger partial charge >= 0.3 is 0 Å². The second-order valence-electron chi connectivity index (χ2n) is 7.62. The van der Waals surface area contributed by atoms with E-state index >= 15 is 0 Å². The molecule has 0 bridgehead atoms. The topological polar surface area (TPSA) is 76.5 Å². The zero-order chi connectivity index (χ0) is 19.4. The van der Waals surface area contributed by atoms with Gasteiger partial charge in [0.15, 0.2) is 5.82 Å². The lowest BCUT2D eigenvalue weighted by atomic mass is 9.95. The van der Waals surface area contributed by atoms with Crippen LogP contribution in [0.1, 0.15) is 32.3 Å². The van der Waals surface area contributed by atoms with Gasteiger partial charge in [-0.1, -0.05) is 20.8 Å². The maximum Gasteiger partial charge on any atom is 0.233 e. The summed E-state index contributed by atoms with van der Waals surface area (Å²) < 4.78 is 10.5. The molecule has 146 valence electrons. The average Bonchev–Trinajstić information content (AvgIpc) is 2.67. The van der Waals surface area contributed by atoms with Crippen LogP contribution in [0.2, 0.25) is 0 Å². The van der Waals surface area contributed by atoms with Crippen LogP contribution < -0.4 is 14.5 Å². The molecule has 0 unspecified atom stereocenters. The van der Waals surface area contributed by atoms with Crippen LogP contribution >= 0.6 is 0 Å². The summed E-state index contributed by atoms with van der Waals surface area (Å²) in [7, 11) is 3.29. The minimum atomic E-state index is -0.115. The van der Waals surface area contributed by atoms with Gasteiger partial charge in [-0.15, -0.1) is 0 Å². The third-order valence-electron chi connectivity index (χ3n) is 4.47. The lowest BCUT2D eigenvalue weighted by molar-refractivity contribution is 0.181. The van der Waals surface area contributed by atoms with Gasteiger partial charge in [0, 0.05) is 44.8 Å². The van der Waals surface area contributed by atoms with E-state index in [0.29, 0.717) is 12.5 Å². The summed E-state index contributed by atoms with van der Waals surface area (Å²) in [5, 5.41) is 0. The van der Waals surface area contributed by atoms with Gasteiger partial charge in [0.25, 0.3) is 0 Å². The van der Waals surface area contributed by atoms with Crippen LogP contribution in [-0.4, -0.2) is 60.3 Å². The molecule has 1 saturated heterocycles. The third-order valence-corrected chi connectivity index (χ3v) is 4.47. The Labute approximate surface area is 160 Å². The predicted octanol–water partition coefficient (Wildman–Crippen LogP) is 2.05. The molecule has 0 aliphatic carbocycles. The molecule has 8 heteroatoms. The van der Waals surface area contributed by atoms with E-state index in [0.717, 1.165) is 49.3 Å². The van der Waals surface area contributed by atoms with E-state index in [1.54, 1.807) is 26.6 Å². The number of piperazine rings is 1. The number of methoxy groups -OCH3 is 2.